The fraction of sp³-hybridized carbons (Fsp3) is 0.250. The van der Waals surface area contributed by atoms with E-state index >= 15 is 0 Å². The van der Waals surface area contributed by atoms with E-state index in [4.69, 9.17) is 0 Å². The van der Waals surface area contributed by atoms with E-state index in [1.165, 1.54) is 33.5 Å². The second-order valence-electron chi connectivity index (χ2n) is 6.63. The van der Waals surface area contributed by atoms with Gasteiger partial charge in [-0.3, -0.25) is 4.72 Å². The topological polar surface area (TPSA) is 101 Å². The quantitative estimate of drug-likeness (QED) is 0.571. The minimum absolute atomic E-state index is 0.0277. The Morgan fingerprint density at radius 3 is 2.30 bits per heavy atom. The van der Waals surface area contributed by atoms with E-state index in [0.29, 0.717) is 18.7 Å². The van der Waals surface area contributed by atoms with Crippen molar-refractivity contribution in [3.63, 3.8) is 0 Å². The zero-order chi connectivity index (χ0) is 21.9. The van der Waals surface area contributed by atoms with E-state index in [0.717, 1.165) is 5.69 Å². The third kappa shape index (κ3) is 4.40. The molecule has 0 bridgehead atoms. The molecule has 3 aromatic rings. The van der Waals surface area contributed by atoms with Crippen LogP contribution in [0.15, 0.2) is 70.7 Å². The van der Waals surface area contributed by atoms with Crippen molar-refractivity contribution in [2.45, 2.75) is 30.6 Å². The summed E-state index contributed by atoms with van der Waals surface area (Å²) in [6.07, 6.45) is 2.65. The van der Waals surface area contributed by atoms with E-state index < -0.39 is 20.0 Å². The minimum Gasteiger partial charge on any atom is -0.279 e. The van der Waals surface area contributed by atoms with Crippen molar-refractivity contribution < 1.29 is 16.8 Å². The Morgan fingerprint density at radius 2 is 1.67 bits per heavy atom. The van der Waals surface area contributed by atoms with Crippen molar-refractivity contribution in [2.75, 3.05) is 17.8 Å². The summed E-state index contributed by atoms with van der Waals surface area (Å²) >= 11 is 0. The lowest BCUT2D eigenvalue weighted by Gasteiger charge is -2.20. The van der Waals surface area contributed by atoms with E-state index in [9.17, 15) is 16.8 Å². The molecule has 0 aliphatic rings. The standard InChI is InChI=1S/C20H24N4O4S2/c1-4-23(5-2)30(27,28)20-13-17(12-11-16(20)3)22-29(25,26)19-14-21-24(15-19)18-9-7-6-8-10-18/h6-15,22H,4-5H2,1-3H3. The molecule has 10 heteroatoms. The zero-order valence-electron chi connectivity index (χ0n) is 17.0. The highest BCUT2D eigenvalue weighted by atomic mass is 32.2. The summed E-state index contributed by atoms with van der Waals surface area (Å²) in [6.45, 7) is 5.85. The first kappa shape index (κ1) is 22.0. The lowest BCUT2D eigenvalue weighted by molar-refractivity contribution is 0.445. The number of rotatable bonds is 8. The van der Waals surface area contributed by atoms with E-state index in [1.807, 2.05) is 18.2 Å². The molecule has 3 rings (SSSR count). The van der Waals surface area contributed by atoms with Crippen LogP contribution in [0.4, 0.5) is 5.69 Å². The van der Waals surface area contributed by atoms with Crippen molar-refractivity contribution in [1.29, 1.82) is 0 Å². The van der Waals surface area contributed by atoms with Crippen molar-refractivity contribution in [3.8, 4) is 5.69 Å². The average Bonchev–Trinajstić information content (AvgIpc) is 3.22. The normalized spacial score (nSPS) is 12.3. The van der Waals surface area contributed by atoms with Crippen LogP contribution in [0.1, 0.15) is 19.4 Å². The van der Waals surface area contributed by atoms with Crippen LogP contribution in [0, 0.1) is 6.92 Å². The number of sulfonamides is 2. The summed E-state index contributed by atoms with van der Waals surface area (Å²) < 4.78 is 56.7. The van der Waals surface area contributed by atoms with Gasteiger partial charge in [-0.05, 0) is 36.8 Å². The number of hydrogen-bond donors (Lipinski definition) is 1. The number of hydrogen-bond acceptors (Lipinski definition) is 5. The Labute approximate surface area is 177 Å². The summed E-state index contributed by atoms with van der Waals surface area (Å²) in [5.74, 6) is 0. The van der Waals surface area contributed by atoms with Gasteiger partial charge in [0.15, 0.2) is 0 Å². The highest BCUT2D eigenvalue weighted by Crippen LogP contribution is 2.25. The van der Waals surface area contributed by atoms with Crippen LogP contribution in [-0.4, -0.2) is 44.0 Å². The highest BCUT2D eigenvalue weighted by Gasteiger charge is 2.25. The first-order valence-electron chi connectivity index (χ1n) is 9.42. The summed E-state index contributed by atoms with van der Waals surface area (Å²) in [5, 5.41) is 4.11. The molecule has 0 unspecified atom stereocenters. The maximum atomic E-state index is 12.9. The second kappa shape index (κ2) is 8.58. The molecule has 2 aromatic carbocycles. The number of nitrogens with one attached hydrogen (secondary N) is 1. The Kier molecular flexibility index (Phi) is 6.30. The molecule has 0 aliphatic heterocycles. The number of nitrogens with zero attached hydrogens (tertiary/aromatic N) is 3. The maximum Gasteiger partial charge on any atom is 0.265 e. The number of aryl methyl sites for hydroxylation is 1. The molecule has 0 fully saturated rings. The summed E-state index contributed by atoms with van der Waals surface area (Å²) in [4.78, 5) is 0.0476. The van der Waals surface area contributed by atoms with Crippen LogP contribution < -0.4 is 4.72 Å². The lowest BCUT2D eigenvalue weighted by atomic mass is 10.2. The number of anilines is 1. The molecule has 0 aliphatic carbocycles. The minimum atomic E-state index is -3.95. The van der Waals surface area contributed by atoms with Gasteiger partial charge in [0.25, 0.3) is 10.0 Å². The van der Waals surface area contributed by atoms with E-state index in [2.05, 4.69) is 9.82 Å². The summed E-state index contributed by atoms with van der Waals surface area (Å²) in [5.41, 5.74) is 1.43. The maximum absolute atomic E-state index is 12.9. The Bertz CT molecular complexity index is 1230. The highest BCUT2D eigenvalue weighted by molar-refractivity contribution is 7.92. The van der Waals surface area contributed by atoms with E-state index in [-0.39, 0.29) is 15.5 Å². The molecule has 0 amide bonds. The number of benzene rings is 2. The molecular formula is C20H24N4O4S2. The molecule has 30 heavy (non-hydrogen) atoms. The monoisotopic (exact) mass is 448 g/mol. The van der Waals surface area contributed by atoms with Crippen LogP contribution in [0.25, 0.3) is 5.69 Å². The van der Waals surface area contributed by atoms with Gasteiger partial charge >= 0.3 is 0 Å². The molecule has 0 saturated carbocycles. The SMILES string of the molecule is CCN(CC)S(=O)(=O)c1cc(NS(=O)(=O)c2cnn(-c3ccccc3)c2)ccc1C. The molecule has 1 N–H and O–H groups in total. The molecule has 0 radical (unpaired) electrons. The second-order valence-corrected chi connectivity index (χ2v) is 10.2. The summed E-state index contributed by atoms with van der Waals surface area (Å²) in [6, 6.07) is 13.6. The van der Waals surface area contributed by atoms with Crippen molar-refractivity contribution in [1.82, 2.24) is 14.1 Å². The lowest BCUT2D eigenvalue weighted by Crippen LogP contribution is -2.31. The van der Waals surface area contributed by atoms with Gasteiger partial charge in [-0.15, -0.1) is 0 Å². The molecule has 0 atom stereocenters. The van der Waals surface area contributed by atoms with Gasteiger partial charge in [0, 0.05) is 13.1 Å². The van der Waals surface area contributed by atoms with Gasteiger partial charge in [-0.2, -0.15) is 9.40 Å². The largest absolute Gasteiger partial charge is 0.279 e. The zero-order valence-corrected chi connectivity index (χ0v) is 18.6. The van der Waals surface area contributed by atoms with Gasteiger partial charge in [0.1, 0.15) is 4.90 Å². The third-order valence-corrected chi connectivity index (χ3v) is 8.18. The van der Waals surface area contributed by atoms with Gasteiger partial charge in [-0.1, -0.05) is 38.1 Å². The molecule has 0 saturated heterocycles. The molecule has 1 aromatic heterocycles. The first-order valence-corrected chi connectivity index (χ1v) is 12.3. The predicted molar refractivity (Wildman–Crippen MR) is 116 cm³/mol. The third-order valence-electron chi connectivity index (χ3n) is 4.65. The first-order chi connectivity index (χ1) is 14.2. The Morgan fingerprint density at radius 1 is 1.00 bits per heavy atom. The van der Waals surface area contributed by atoms with Gasteiger partial charge < -0.3 is 0 Å². The van der Waals surface area contributed by atoms with Crippen LogP contribution in [0.5, 0.6) is 0 Å². The van der Waals surface area contributed by atoms with E-state index in [1.54, 1.807) is 39.0 Å². The van der Waals surface area contributed by atoms with Crippen molar-refractivity contribution >= 4 is 25.7 Å². The smallest absolute Gasteiger partial charge is 0.265 e. The van der Waals surface area contributed by atoms with Crippen LogP contribution in [-0.2, 0) is 20.0 Å². The fourth-order valence-corrected chi connectivity index (χ4v) is 5.71. The van der Waals surface area contributed by atoms with Gasteiger partial charge in [0.2, 0.25) is 10.0 Å². The number of aromatic nitrogens is 2. The van der Waals surface area contributed by atoms with Crippen LogP contribution in [0.3, 0.4) is 0 Å². The predicted octanol–water partition coefficient (Wildman–Crippen LogP) is 3.01. The molecule has 160 valence electrons. The fourth-order valence-electron chi connectivity index (χ4n) is 3.03. The van der Waals surface area contributed by atoms with Crippen LogP contribution in [0.2, 0.25) is 0 Å². The van der Waals surface area contributed by atoms with Gasteiger partial charge in [-0.25, -0.2) is 21.5 Å². The Hall–Kier alpha value is -2.69. The van der Waals surface area contributed by atoms with Crippen molar-refractivity contribution in [2.24, 2.45) is 0 Å². The van der Waals surface area contributed by atoms with Crippen molar-refractivity contribution in [3.05, 3.63) is 66.5 Å². The number of para-hydroxylation sites is 1. The Balaban J connectivity index is 1.92. The summed E-state index contributed by atoms with van der Waals surface area (Å²) in [7, 11) is -7.67. The van der Waals surface area contributed by atoms with Crippen LogP contribution >= 0.6 is 0 Å². The molecule has 0 spiro atoms. The molecule has 1 heterocycles. The molecule has 8 nitrogen and oxygen atoms in total. The average molecular weight is 449 g/mol. The molecular weight excluding hydrogens is 424 g/mol. The van der Waals surface area contributed by atoms with Gasteiger partial charge in [0.05, 0.1) is 28.7 Å².